The molecule has 2 aromatic carbocycles. The van der Waals surface area contributed by atoms with Crippen LogP contribution in [0.2, 0.25) is 0 Å². The van der Waals surface area contributed by atoms with Crippen LogP contribution in [0.4, 0.5) is 0 Å². The number of ether oxygens (including phenoxy) is 4. The van der Waals surface area contributed by atoms with Gasteiger partial charge in [0.15, 0.2) is 23.7 Å². The molecule has 0 aromatic heterocycles. The van der Waals surface area contributed by atoms with Crippen molar-refractivity contribution in [2.75, 3.05) is 26.9 Å². The fourth-order valence-corrected chi connectivity index (χ4v) is 13.9. The normalized spacial score (nSPS) is 37.5. The second-order valence-corrected chi connectivity index (χ2v) is 22.3. The minimum absolute atomic E-state index is 0.0143. The van der Waals surface area contributed by atoms with Gasteiger partial charge in [-0.3, -0.25) is 4.79 Å². The number of phenols is 1. The van der Waals surface area contributed by atoms with E-state index in [0.717, 1.165) is 23.1 Å². The van der Waals surface area contributed by atoms with Crippen molar-refractivity contribution in [3.63, 3.8) is 0 Å². The van der Waals surface area contributed by atoms with Gasteiger partial charge in [-0.05, 0) is 139 Å². The molecule has 6 aliphatic carbocycles. The molecule has 72 heavy (non-hydrogen) atoms. The monoisotopic (exact) mass is 994 g/mol. The number of hydrogen-bond acceptors (Lipinski definition) is 14. The Labute approximate surface area is 423 Å². The van der Waals surface area contributed by atoms with Gasteiger partial charge in [0, 0.05) is 49.0 Å². The molecule has 14 nitrogen and oxygen atoms in total. The van der Waals surface area contributed by atoms with Gasteiger partial charge in [0.1, 0.15) is 12.2 Å². The SMILES string of the molecule is COc1cc(C=C(CC2c3cc(CCO)ccc3CCC2CO)C(=O)OC2C(OC(=O)CCC3C4C=CC5C(C=CC6C(O)C(CC(C)C)C=CC653)C4C)C(O)C3OC2(O)C=CC3NCC(C)O)ccc1O. The highest BCUT2D eigenvalue weighted by Crippen LogP contribution is 2.67. The first-order chi connectivity index (χ1) is 34.5. The van der Waals surface area contributed by atoms with E-state index >= 15 is 4.79 Å². The van der Waals surface area contributed by atoms with Crippen molar-refractivity contribution in [1.82, 2.24) is 5.32 Å². The number of aryl methyl sites for hydroxylation is 1. The topological polar surface area (TPSA) is 225 Å². The first-order valence-corrected chi connectivity index (χ1v) is 26.2. The zero-order valence-corrected chi connectivity index (χ0v) is 42.1. The van der Waals surface area contributed by atoms with Gasteiger partial charge in [-0.1, -0.05) is 87.6 Å². The highest BCUT2D eigenvalue weighted by Gasteiger charge is 2.64. The van der Waals surface area contributed by atoms with E-state index in [2.05, 4.69) is 62.5 Å². The Morgan fingerprint density at radius 3 is 2.46 bits per heavy atom. The van der Waals surface area contributed by atoms with E-state index in [1.807, 2.05) is 18.2 Å². The summed E-state index contributed by atoms with van der Waals surface area (Å²) in [6.45, 7) is 8.10. The van der Waals surface area contributed by atoms with Crippen LogP contribution in [0.5, 0.6) is 11.5 Å². The molecule has 1 saturated heterocycles. The van der Waals surface area contributed by atoms with Crippen LogP contribution < -0.4 is 10.1 Å². The molecular formula is C58H75NO13. The number of fused-ring (bicyclic) bond motifs is 3. The third-order valence-electron chi connectivity index (χ3n) is 17.4. The first-order valence-electron chi connectivity index (χ1n) is 26.2. The Morgan fingerprint density at radius 2 is 1.72 bits per heavy atom. The number of nitrogens with one attached hydrogen (secondary N) is 1. The third-order valence-corrected chi connectivity index (χ3v) is 17.4. The molecule has 8 N–H and O–H groups in total. The Balaban J connectivity index is 1.04. The summed E-state index contributed by atoms with van der Waals surface area (Å²) in [6, 6.07) is 9.89. The van der Waals surface area contributed by atoms with Crippen LogP contribution in [-0.4, -0.2) is 123 Å². The summed E-state index contributed by atoms with van der Waals surface area (Å²) in [5.41, 5.74) is 3.08. The van der Waals surface area contributed by atoms with E-state index < -0.39 is 65.8 Å². The van der Waals surface area contributed by atoms with E-state index in [0.29, 0.717) is 49.0 Å². The molecule has 18 unspecified atom stereocenters. The van der Waals surface area contributed by atoms with Crippen LogP contribution in [0.15, 0.2) is 90.6 Å². The van der Waals surface area contributed by atoms with Gasteiger partial charge in [-0.15, -0.1) is 0 Å². The molecule has 2 aromatic rings. The van der Waals surface area contributed by atoms with E-state index in [4.69, 9.17) is 18.9 Å². The van der Waals surface area contributed by atoms with Crippen molar-refractivity contribution in [1.29, 1.82) is 0 Å². The van der Waals surface area contributed by atoms with Crippen molar-refractivity contribution in [2.45, 2.75) is 127 Å². The van der Waals surface area contributed by atoms with E-state index in [1.54, 1.807) is 31.2 Å². The molecular weight excluding hydrogens is 919 g/mol. The number of allylic oxidation sites excluding steroid dienone is 4. The van der Waals surface area contributed by atoms with Crippen LogP contribution >= 0.6 is 0 Å². The van der Waals surface area contributed by atoms with Gasteiger partial charge in [-0.25, -0.2) is 4.79 Å². The number of carbonyl (C=O) groups is 2. The predicted octanol–water partition coefficient (Wildman–Crippen LogP) is 5.46. The van der Waals surface area contributed by atoms with E-state index in [1.165, 1.54) is 19.3 Å². The summed E-state index contributed by atoms with van der Waals surface area (Å²) >= 11 is 0. The molecule has 8 aliphatic rings. The number of aliphatic hydroxyl groups excluding tert-OH is 5. The highest BCUT2D eigenvalue weighted by atomic mass is 16.7. The second-order valence-electron chi connectivity index (χ2n) is 22.3. The van der Waals surface area contributed by atoms with Crippen molar-refractivity contribution in [3.05, 3.63) is 113 Å². The number of aliphatic hydroxyl groups is 6. The third kappa shape index (κ3) is 9.78. The van der Waals surface area contributed by atoms with Gasteiger partial charge in [0.05, 0.1) is 25.4 Å². The number of carbonyl (C=O) groups excluding carboxylic acids is 2. The van der Waals surface area contributed by atoms with Crippen molar-refractivity contribution in [3.8, 4) is 11.5 Å². The average molecular weight is 994 g/mol. The molecule has 1 spiro atoms. The standard InChI is InChI=1S/C58H75NO13/c1-31(2)24-37-18-21-57-44-13-11-40(33(4)41(44)12-14-46(57)51(37)65)45(57)15-17-50(64)70-54-52(66)53-47(59-29-32(3)62)19-22-58(68,72-53)55(54)71-56(67)39(25-35-7-16-48(63)49(27-35)69-5)28-43-38(30-61)10-9-36-8-6-34(20-23-60)26-42(36)43/h6-8,11-14,16,18-19,21-22,25-27,31-33,37-38,40-41,43-47,51-55,59-63,65-66,68H,9-10,15,17,20,23-24,28-30H2,1-5H3. The molecule has 14 heteroatoms. The van der Waals surface area contributed by atoms with Gasteiger partial charge in [-0.2, -0.15) is 0 Å². The van der Waals surface area contributed by atoms with Gasteiger partial charge < -0.3 is 60.0 Å². The lowest BCUT2D eigenvalue weighted by Gasteiger charge is -2.65. The minimum atomic E-state index is -2.38. The number of rotatable bonds is 18. The van der Waals surface area contributed by atoms with Crippen LogP contribution in [0.25, 0.3) is 6.08 Å². The van der Waals surface area contributed by atoms with Crippen LogP contribution in [-0.2, 0) is 36.6 Å². The number of benzene rings is 2. The van der Waals surface area contributed by atoms with E-state index in [9.17, 15) is 40.5 Å². The summed E-state index contributed by atoms with van der Waals surface area (Å²) in [5.74, 6) is -3.38. The maximum Gasteiger partial charge on any atom is 0.334 e. The number of esters is 2. The fraction of sp³-hybridized carbons (Fsp3) is 0.586. The lowest BCUT2D eigenvalue weighted by Crippen LogP contribution is -2.71. The number of methoxy groups -OCH3 is 1. The summed E-state index contributed by atoms with van der Waals surface area (Å²) in [7, 11) is 1.41. The van der Waals surface area contributed by atoms with Crippen LogP contribution in [0.3, 0.4) is 0 Å². The lowest BCUT2D eigenvalue weighted by molar-refractivity contribution is -0.333. The summed E-state index contributed by atoms with van der Waals surface area (Å²) < 4.78 is 24.2. The molecule has 390 valence electrons. The van der Waals surface area contributed by atoms with Gasteiger partial charge >= 0.3 is 11.9 Å². The molecule has 0 amide bonds. The zero-order chi connectivity index (χ0) is 51.2. The predicted molar refractivity (Wildman–Crippen MR) is 269 cm³/mol. The van der Waals surface area contributed by atoms with Crippen molar-refractivity contribution < 1.29 is 64.3 Å². The maximum atomic E-state index is 15.1. The fourth-order valence-electron chi connectivity index (χ4n) is 13.9. The quantitative estimate of drug-likeness (QED) is 0.0528. The molecule has 2 heterocycles. The average Bonchev–Trinajstić information content (AvgIpc) is 3.35. The maximum absolute atomic E-state index is 15.1. The van der Waals surface area contributed by atoms with Crippen LogP contribution in [0, 0.1) is 58.7 Å². The number of aromatic hydroxyl groups is 1. The number of phenolic OH excluding ortho intramolecular Hbond substituents is 1. The minimum Gasteiger partial charge on any atom is -0.504 e. The van der Waals surface area contributed by atoms with Crippen molar-refractivity contribution >= 4 is 18.0 Å². The Hall–Kier alpha value is -4.64. The molecule has 6 bridgehead atoms. The molecule has 10 rings (SSSR count). The largest absolute Gasteiger partial charge is 0.504 e. The molecule has 2 fully saturated rings. The zero-order valence-electron chi connectivity index (χ0n) is 42.1. The Bertz CT molecular complexity index is 2460. The smallest absolute Gasteiger partial charge is 0.334 e. The van der Waals surface area contributed by atoms with Gasteiger partial charge in [0.2, 0.25) is 5.79 Å². The molecule has 2 aliphatic heterocycles. The Morgan fingerprint density at radius 1 is 0.944 bits per heavy atom. The van der Waals surface area contributed by atoms with E-state index in [-0.39, 0.29) is 91.1 Å². The second kappa shape index (κ2) is 21.3. The number of hydrogen-bond donors (Lipinski definition) is 8. The Kier molecular flexibility index (Phi) is 15.5. The van der Waals surface area contributed by atoms with Crippen molar-refractivity contribution in [2.24, 2.45) is 58.7 Å². The highest BCUT2D eigenvalue weighted by molar-refractivity contribution is 5.94. The molecule has 18 atom stereocenters. The van der Waals surface area contributed by atoms with Crippen LogP contribution in [0.1, 0.15) is 88.0 Å². The summed E-state index contributed by atoms with van der Waals surface area (Å²) in [4.78, 5) is 29.6. The summed E-state index contributed by atoms with van der Waals surface area (Å²) in [5, 5.41) is 81.0. The first kappa shape index (κ1) is 52.2. The van der Waals surface area contributed by atoms with Gasteiger partial charge in [0.25, 0.3) is 0 Å². The molecule has 1 saturated carbocycles. The summed E-state index contributed by atoms with van der Waals surface area (Å²) in [6.07, 6.45) is 13.7. The molecule has 0 radical (unpaired) electrons. The lowest BCUT2D eigenvalue weighted by atomic mass is 9.39.